The van der Waals surface area contributed by atoms with E-state index in [9.17, 15) is 9.59 Å². The molecule has 2 rings (SSSR count). The lowest BCUT2D eigenvalue weighted by Crippen LogP contribution is -2.51. The fourth-order valence-corrected chi connectivity index (χ4v) is 3.02. The summed E-state index contributed by atoms with van der Waals surface area (Å²) in [5.41, 5.74) is 2.39. The summed E-state index contributed by atoms with van der Waals surface area (Å²) in [6.45, 7) is 10.0. The lowest BCUT2D eigenvalue weighted by molar-refractivity contribution is -0.122. The number of carbonyl (C=O) groups excluding carboxylic acids is 2. The number of benzene rings is 1. The van der Waals surface area contributed by atoms with Crippen molar-refractivity contribution in [3.8, 4) is 0 Å². The average Bonchev–Trinajstić information content (AvgIpc) is 2.44. The summed E-state index contributed by atoms with van der Waals surface area (Å²) in [5, 5.41) is 2.95. The maximum atomic E-state index is 12.7. The summed E-state index contributed by atoms with van der Waals surface area (Å²) >= 11 is 0. The molecule has 0 saturated carbocycles. The van der Waals surface area contributed by atoms with Gasteiger partial charge in [-0.1, -0.05) is 6.07 Å². The minimum Gasteiger partial charge on any atom is -0.444 e. The number of hydrogen-bond donors (Lipinski definition) is 1. The smallest absolute Gasteiger partial charge is 0.410 e. The van der Waals surface area contributed by atoms with Gasteiger partial charge in [0.1, 0.15) is 11.6 Å². The fraction of sp³-hybridized carbons (Fsp3) is 0.579. The molecule has 0 aromatic heterocycles. The first-order chi connectivity index (χ1) is 11.2. The van der Waals surface area contributed by atoms with E-state index in [2.05, 4.69) is 11.4 Å². The minimum absolute atomic E-state index is 0.148. The highest BCUT2D eigenvalue weighted by Gasteiger charge is 2.34. The van der Waals surface area contributed by atoms with Crippen LogP contribution in [-0.2, 0) is 9.53 Å². The van der Waals surface area contributed by atoms with Crippen LogP contribution in [0.4, 0.5) is 10.5 Å². The third-order valence-corrected chi connectivity index (χ3v) is 3.92. The minimum atomic E-state index is -0.566. The predicted octanol–water partition coefficient (Wildman–Crippen LogP) is 4.03. The van der Waals surface area contributed by atoms with Gasteiger partial charge in [0.05, 0.1) is 0 Å². The first kappa shape index (κ1) is 18.3. The number of nitrogens with one attached hydrogen (secondary N) is 1. The van der Waals surface area contributed by atoms with Crippen LogP contribution in [0.1, 0.15) is 51.2 Å². The van der Waals surface area contributed by atoms with Crippen molar-refractivity contribution in [2.24, 2.45) is 0 Å². The van der Waals surface area contributed by atoms with Gasteiger partial charge in [-0.15, -0.1) is 0 Å². The molecule has 1 aliphatic heterocycles. The van der Waals surface area contributed by atoms with Gasteiger partial charge in [0.25, 0.3) is 0 Å². The number of likely N-dealkylation sites (tertiary alicyclic amines) is 1. The number of aryl methyl sites for hydroxylation is 2. The highest BCUT2D eigenvalue weighted by molar-refractivity contribution is 5.96. The fourth-order valence-electron chi connectivity index (χ4n) is 3.02. The molecule has 1 atom stereocenters. The topological polar surface area (TPSA) is 58.6 Å². The lowest BCUT2D eigenvalue weighted by Gasteiger charge is -2.35. The van der Waals surface area contributed by atoms with Crippen molar-refractivity contribution in [1.82, 2.24) is 4.90 Å². The molecule has 2 amide bonds. The number of nitrogens with zero attached hydrogens (tertiary/aromatic N) is 1. The molecule has 0 spiro atoms. The van der Waals surface area contributed by atoms with Crippen LogP contribution >= 0.6 is 0 Å². The molecule has 0 unspecified atom stereocenters. The lowest BCUT2D eigenvalue weighted by atomic mass is 10.0. The molecular weight excluding hydrogens is 304 g/mol. The second-order valence-electron chi connectivity index (χ2n) is 7.55. The molecule has 5 heteroatoms. The number of carbonyl (C=O) groups is 2. The van der Waals surface area contributed by atoms with E-state index >= 15 is 0 Å². The maximum absolute atomic E-state index is 12.7. The Morgan fingerprint density at radius 3 is 2.33 bits per heavy atom. The van der Waals surface area contributed by atoms with Gasteiger partial charge in [-0.3, -0.25) is 9.69 Å². The summed E-state index contributed by atoms with van der Waals surface area (Å²) in [4.78, 5) is 26.7. The molecular formula is C19H28N2O3. The van der Waals surface area contributed by atoms with Crippen LogP contribution in [0.25, 0.3) is 0 Å². The highest BCUT2D eigenvalue weighted by Crippen LogP contribution is 2.22. The Bertz CT molecular complexity index is 599. The third-order valence-electron chi connectivity index (χ3n) is 3.92. The molecule has 1 aromatic rings. The van der Waals surface area contributed by atoms with E-state index < -0.39 is 17.7 Å². The Balaban J connectivity index is 2.11. The Kier molecular flexibility index (Phi) is 5.52. The number of ether oxygens (including phenoxy) is 1. The summed E-state index contributed by atoms with van der Waals surface area (Å²) in [7, 11) is 0. The molecule has 1 aromatic carbocycles. The molecule has 0 bridgehead atoms. The first-order valence-corrected chi connectivity index (χ1v) is 8.54. The predicted molar refractivity (Wildman–Crippen MR) is 95.1 cm³/mol. The first-order valence-electron chi connectivity index (χ1n) is 8.54. The summed E-state index contributed by atoms with van der Waals surface area (Å²) in [6, 6.07) is 5.45. The number of piperidine rings is 1. The van der Waals surface area contributed by atoms with Crippen molar-refractivity contribution in [3.63, 3.8) is 0 Å². The van der Waals surface area contributed by atoms with Gasteiger partial charge in [-0.2, -0.15) is 0 Å². The summed E-state index contributed by atoms with van der Waals surface area (Å²) < 4.78 is 5.45. The number of amides is 2. The molecule has 1 N–H and O–H groups in total. The molecule has 24 heavy (non-hydrogen) atoms. The highest BCUT2D eigenvalue weighted by atomic mass is 16.6. The van der Waals surface area contributed by atoms with Gasteiger partial charge in [-0.25, -0.2) is 4.79 Å². The Hall–Kier alpha value is -2.04. The van der Waals surface area contributed by atoms with Crippen LogP contribution in [0.15, 0.2) is 18.2 Å². The van der Waals surface area contributed by atoms with Crippen molar-refractivity contribution in [3.05, 3.63) is 29.3 Å². The average molecular weight is 332 g/mol. The van der Waals surface area contributed by atoms with E-state index in [-0.39, 0.29) is 5.91 Å². The zero-order chi connectivity index (χ0) is 17.9. The Labute approximate surface area is 144 Å². The molecule has 1 fully saturated rings. The molecule has 1 aliphatic rings. The third kappa shape index (κ3) is 4.98. The van der Waals surface area contributed by atoms with E-state index in [1.165, 1.54) is 0 Å². The van der Waals surface area contributed by atoms with E-state index in [4.69, 9.17) is 4.74 Å². The van der Waals surface area contributed by atoms with Crippen molar-refractivity contribution in [2.75, 3.05) is 11.9 Å². The molecule has 0 radical (unpaired) electrons. The molecule has 1 saturated heterocycles. The molecule has 132 valence electrons. The zero-order valence-electron chi connectivity index (χ0n) is 15.3. The number of rotatable bonds is 2. The Morgan fingerprint density at radius 1 is 1.12 bits per heavy atom. The van der Waals surface area contributed by atoms with E-state index in [1.807, 2.05) is 46.8 Å². The van der Waals surface area contributed by atoms with Crippen LogP contribution in [-0.4, -0.2) is 35.1 Å². The van der Waals surface area contributed by atoms with Gasteiger partial charge >= 0.3 is 6.09 Å². The SMILES string of the molecule is Cc1cc(C)cc(NC(=O)[C@@H]2CCCCN2C(=O)OC(C)(C)C)c1. The van der Waals surface area contributed by atoms with Gasteiger partial charge in [0, 0.05) is 12.2 Å². The second-order valence-corrected chi connectivity index (χ2v) is 7.55. The van der Waals surface area contributed by atoms with Crippen LogP contribution in [0.5, 0.6) is 0 Å². The van der Waals surface area contributed by atoms with E-state index in [1.54, 1.807) is 4.90 Å². The maximum Gasteiger partial charge on any atom is 0.410 e. The van der Waals surface area contributed by atoms with Gasteiger partial charge < -0.3 is 10.1 Å². The van der Waals surface area contributed by atoms with Gasteiger partial charge in [-0.05, 0) is 77.1 Å². The van der Waals surface area contributed by atoms with Crippen LogP contribution in [0.3, 0.4) is 0 Å². The molecule has 0 aliphatic carbocycles. The van der Waals surface area contributed by atoms with Gasteiger partial charge in [0.15, 0.2) is 0 Å². The summed E-state index contributed by atoms with van der Waals surface area (Å²) in [5.74, 6) is -0.148. The molecule has 5 nitrogen and oxygen atoms in total. The van der Waals surface area contributed by atoms with Crippen LogP contribution in [0, 0.1) is 13.8 Å². The van der Waals surface area contributed by atoms with Crippen LogP contribution < -0.4 is 5.32 Å². The number of anilines is 1. The quantitative estimate of drug-likeness (QED) is 0.889. The second kappa shape index (κ2) is 7.24. The summed E-state index contributed by atoms with van der Waals surface area (Å²) in [6.07, 6.45) is 2.08. The van der Waals surface area contributed by atoms with Crippen molar-refractivity contribution < 1.29 is 14.3 Å². The standard InChI is InChI=1S/C19H28N2O3/c1-13-10-14(2)12-15(11-13)20-17(22)16-8-6-7-9-21(16)18(23)24-19(3,4)5/h10-12,16H,6-9H2,1-5H3,(H,20,22)/t16-/m0/s1. The number of hydrogen-bond acceptors (Lipinski definition) is 3. The largest absolute Gasteiger partial charge is 0.444 e. The monoisotopic (exact) mass is 332 g/mol. The normalized spacial score (nSPS) is 18.2. The van der Waals surface area contributed by atoms with Crippen molar-refractivity contribution in [2.45, 2.75) is 65.5 Å². The van der Waals surface area contributed by atoms with E-state index in [0.29, 0.717) is 13.0 Å². The van der Waals surface area contributed by atoms with Gasteiger partial charge in [0.2, 0.25) is 5.91 Å². The van der Waals surface area contributed by atoms with Crippen molar-refractivity contribution >= 4 is 17.7 Å². The van der Waals surface area contributed by atoms with Crippen LogP contribution in [0.2, 0.25) is 0 Å². The Morgan fingerprint density at radius 2 is 1.75 bits per heavy atom. The van der Waals surface area contributed by atoms with Crippen molar-refractivity contribution in [1.29, 1.82) is 0 Å². The van der Waals surface area contributed by atoms with E-state index in [0.717, 1.165) is 29.7 Å². The zero-order valence-corrected chi connectivity index (χ0v) is 15.3. The molecule has 1 heterocycles.